The lowest BCUT2D eigenvalue weighted by Gasteiger charge is -2.44. The summed E-state index contributed by atoms with van der Waals surface area (Å²) in [5.74, 6) is 0.856. The van der Waals surface area contributed by atoms with Crippen LogP contribution in [-0.4, -0.2) is 18.3 Å². The average molecular weight is 488 g/mol. The first-order valence-corrected chi connectivity index (χ1v) is 13.0. The van der Waals surface area contributed by atoms with E-state index in [4.69, 9.17) is 14.2 Å². The molecule has 0 amide bonds. The molecule has 0 saturated heterocycles. The van der Waals surface area contributed by atoms with Crippen LogP contribution in [0.4, 0.5) is 5.69 Å². The summed E-state index contributed by atoms with van der Waals surface area (Å²) >= 11 is 0. The van der Waals surface area contributed by atoms with Crippen LogP contribution in [0.3, 0.4) is 0 Å². The molecule has 3 aromatic carbocycles. The molecule has 0 saturated carbocycles. The summed E-state index contributed by atoms with van der Waals surface area (Å²) < 4.78 is 19.3. The normalized spacial score (nSPS) is 18.9. The highest BCUT2D eigenvalue weighted by Gasteiger charge is 2.45. The fraction of sp³-hybridized carbons (Fsp3) is 0.438. The van der Waals surface area contributed by atoms with Gasteiger partial charge in [-0.2, -0.15) is 0 Å². The van der Waals surface area contributed by atoms with Crippen molar-refractivity contribution in [3.05, 3.63) is 94.5 Å². The molecule has 2 unspecified atom stereocenters. The number of benzene rings is 3. The monoisotopic (exact) mass is 487 g/mol. The first kappa shape index (κ1) is 26.2. The van der Waals surface area contributed by atoms with Crippen LogP contribution in [0.1, 0.15) is 75.5 Å². The van der Waals surface area contributed by atoms with Crippen LogP contribution < -0.4 is 10.1 Å². The number of ether oxygens (including phenoxy) is 3. The van der Waals surface area contributed by atoms with Crippen molar-refractivity contribution in [3.63, 3.8) is 0 Å². The second-order valence-electron chi connectivity index (χ2n) is 11.3. The van der Waals surface area contributed by atoms with Crippen LogP contribution in [0.5, 0.6) is 5.75 Å². The van der Waals surface area contributed by atoms with E-state index in [1.54, 1.807) is 0 Å². The summed E-state index contributed by atoms with van der Waals surface area (Å²) in [5.41, 5.74) is 6.70. The van der Waals surface area contributed by atoms with Gasteiger partial charge in [0.15, 0.2) is 0 Å². The van der Waals surface area contributed by atoms with E-state index in [0.717, 1.165) is 23.5 Å². The van der Waals surface area contributed by atoms with Crippen molar-refractivity contribution in [1.82, 2.24) is 0 Å². The highest BCUT2D eigenvalue weighted by molar-refractivity contribution is 5.54. The highest BCUT2D eigenvalue weighted by Crippen LogP contribution is 2.44. The van der Waals surface area contributed by atoms with Gasteiger partial charge in [0.1, 0.15) is 23.6 Å². The molecule has 0 spiro atoms. The Morgan fingerprint density at radius 3 is 2.33 bits per heavy atom. The Bertz CT molecular complexity index is 1160. The Morgan fingerprint density at radius 1 is 0.944 bits per heavy atom. The van der Waals surface area contributed by atoms with E-state index < -0.39 is 5.60 Å². The molecule has 4 rings (SSSR count). The minimum atomic E-state index is -0.529. The van der Waals surface area contributed by atoms with Crippen LogP contribution >= 0.6 is 0 Å². The smallest absolute Gasteiger partial charge is 0.132 e. The summed E-state index contributed by atoms with van der Waals surface area (Å²) in [6, 6.07) is 23.5. The molecule has 3 aromatic rings. The van der Waals surface area contributed by atoms with Crippen molar-refractivity contribution in [2.75, 3.05) is 11.9 Å². The van der Waals surface area contributed by atoms with Gasteiger partial charge in [-0.25, -0.2) is 0 Å². The molecular weight excluding hydrogens is 446 g/mol. The third-order valence-corrected chi connectivity index (χ3v) is 6.99. The predicted molar refractivity (Wildman–Crippen MR) is 148 cm³/mol. The van der Waals surface area contributed by atoms with E-state index in [9.17, 15) is 0 Å². The van der Waals surface area contributed by atoms with E-state index in [2.05, 4.69) is 108 Å². The second kappa shape index (κ2) is 10.7. The van der Waals surface area contributed by atoms with Gasteiger partial charge in [0.05, 0.1) is 6.61 Å². The average Bonchev–Trinajstić information content (AvgIpc) is 2.83. The lowest BCUT2D eigenvalue weighted by Crippen LogP contribution is -2.51. The quantitative estimate of drug-likeness (QED) is 0.353. The molecule has 0 fully saturated rings. The van der Waals surface area contributed by atoms with Gasteiger partial charge in [-0.05, 0) is 73.6 Å². The molecule has 4 nitrogen and oxygen atoms in total. The summed E-state index contributed by atoms with van der Waals surface area (Å²) in [7, 11) is 0. The number of hydrogen-bond acceptors (Lipinski definition) is 4. The number of aryl methyl sites for hydroxylation is 1. The zero-order valence-corrected chi connectivity index (χ0v) is 22.9. The molecule has 0 bridgehead atoms. The molecule has 0 radical (unpaired) electrons. The van der Waals surface area contributed by atoms with Crippen LogP contribution in [0.15, 0.2) is 66.7 Å². The number of rotatable bonds is 8. The third-order valence-electron chi connectivity index (χ3n) is 6.99. The Kier molecular flexibility index (Phi) is 7.77. The van der Waals surface area contributed by atoms with Gasteiger partial charge in [0, 0.05) is 24.4 Å². The van der Waals surface area contributed by atoms with E-state index >= 15 is 0 Å². The van der Waals surface area contributed by atoms with Gasteiger partial charge in [0.2, 0.25) is 0 Å². The summed E-state index contributed by atoms with van der Waals surface area (Å²) in [6.45, 7) is 16.9. The fourth-order valence-corrected chi connectivity index (χ4v) is 4.77. The maximum Gasteiger partial charge on any atom is 0.132 e. The minimum absolute atomic E-state index is 0.157. The van der Waals surface area contributed by atoms with E-state index in [1.807, 2.05) is 13.0 Å². The zero-order chi connectivity index (χ0) is 25.9. The van der Waals surface area contributed by atoms with Gasteiger partial charge in [0.25, 0.3) is 0 Å². The van der Waals surface area contributed by atoms with Crippen LogP contribution in [0.2, 0.25) is 0 Å². The van der Waals surface area contributed by atoms with Gasteiger partial charge in [-0.1, -0.05) is 69.3 Å². The molecule has 0 aliphatic carbocycles. The van der Waals surface area contributed by atoms with Gasteiger partial charge in [-0.15, -0.1) is 0 Å². The van der Waals surface area contributed by atoms with Crippen molar-refractivity contribution in [2.24, 2.45) is 0 Å². The molecule has 1 N–H and O–H groups in total. The van der Waals surface area contributed by atoms with Crippen LogP contribution in [-0.2, 0) is 28.0 Å². The Hall–Kier alpha value is -2.82. The van der Waals surface area contributed by atoms with E-state index in [-0.39, 0.29) is 17.6 Å². The molecular formula is C32H41NO3. The third kappa shape index (κ3) is 5.93. The van der Waals surface area contributed by atoms with E-state index in [1.165, 1.54) is 22.3 Å². The standard InChI is InChI=1S/C32H41NO3/c1-8-34-29-27-19-26(33-20-23-13-15-25(16-14-23)31(3,4)5)17-18-28(27)36-32(6,7)30(29)35-21-24-12-10-9-11-22(24)2/h9-19,29-30,33H,8,20-21H2,1-7H3. The van der Waals surface area contributed by atoms with Crippen molar-refractivity contribution in [1.29, 1.82) is 0 Å². The first-order valence-electron chi connectivity index (χ1n) is 13.0. The molecule has 1 heterocycles. The lowest BCUT2D eigenvalue weighted by molar-refractivity contribution is -0.166. The maximum atomic E-state index is 6.52. The molecule has 1 aliphatic heterocycles. The Balaban J connectivity index is 1.53. The molecule has 192 valence electrons. The lowest BCUT2D eigenvalue weighted by atomic mass is 9.87. The largest absolute Gasteiger partial charge is 0.485 e. The number of anilines is 1. The zero-order valence-electron chi connectivity index (χ0n) is 22.9. The van der Waals surface area contributed by atoms with E-state index in [0.29, 0.717) is 13.2 Å². The van der Waals surface area contributed by atoms with Crippen LogP contribution in [0.25, 0.3) is 0 Å². The number of hydrogen-bond donors (Lipinski definition) is 1. The number of nitrogens with one attached hydrogen (secondary N) is 1. The summed E-state index contributed by atoms with van der Waals surface area (Å²) in [6.07, 6.45) is -0.463. The highest BCUT2D eigenvalue weighted by atomic mass is 16.6. The first-order chi connectivity index (χ1) is 17.1. The predicted octanol–water partition coefficient (Wildman–Crippen LogP) is 7.74. The van der Waals surface area contributed by atoms with Gasteiger partial charge < -0.3 is 19.5 Å². The van der Waals surface area contributed by atoms with Crippen molar-refractivity contribution >= 4 is 5.69 Å². The van der Waals surface area contributed by atoms with Crippen molar-refractivity contribution in [3.8, 4) is 5.75 Å². The molecule has 0 aromatic heterocycles. The summed E-state index contributed by atoms with van der Waals surface area (Å²) in [4.78, 5) is 0. The SMILES string of the molecule is CCOC1c2cc(NCc3ccc(C(C)(C)C)cc3)ccc2OC(C)(C)C1OCc1ccccc1C. The van der Waals surface area contributed by atoms with Crippen molar-refractivity contribution < 1.29 is 14.2 Å². The molecule has 2 atom stereocenters. The Labute approximate surface area is 217 Å². The molecule has 1 aliphatic rings. The molecule has 36 heavy (non-hydrogen) atoms. The number of fused-ring (bicyclic) bond motifs is 1. The van der Waals surface area contributed by atoms with Gasteiger partial charge >= 0.3 is 0 Å². The maximum absolute atomic E-state index is 6.52. The van der Waals surface area contributed by atoms with Crippen LogP contribution in [0, 0.1) is 6.92 Å². The fourth-order valence-electron chi connectivity index (χ4n) is 4.77. The summed E-state index contributed by atoms with van der Waals surface area (Å²) in [5, 5.41) is 3.58. The second-order valence-corrected chi connectivity index (χ2v) is 11.3. The minimum Gasteiger partial charge on any atom is -0.485 e. The van der Waals surface area contributed by atoms with Crippen molar-refractivity contribution in [2.45, 2.75) is 84.8 Å². The Morgan fingerprint density at radius 2 is 1.67 bits per heavy atom. The molecule has 4 heteroatoms. The van der Waals surface area contributed by atoms with Gasteiger partial charge in [-0.3, -0.25) is 0 Å². The topological polar surface area (TPSA) is 39.7 Å².